The highest BCUT2D eigenvalue weighted by Gasteiger charge is 1.96. The maximum atomic E-state index is 8.76. The molecule has 3 nitrogen and oxygen atoms in total. The Hall–Kier alpha value is -0.640. The van der Waals surface area contributed by atoms with Crippen LogP contribution in [0.15, 0.2) is 23.3 Å². The van der Waals surface area contributed by atoms with E-state index < -0.39 is 0 Å². The van der Waals surface area contributed by atoms with Crippen LogP contribution in [0.4, 0.5) is 0 Å². The molecule has 0 aliphatic rings. The summed E-state index contributed by atoms with van der Waals surface area (Å²) in [7, 11) is 0. The third kappa shape index (κ3) is 25.5. The molecule has 0 unspecified atom stereocenters. The molecule has 0 aliphatic carbocycles. The van der Waals surface area contributed by atoms with Crippen LogP contribution >= 0.6 is 0 Å². The second kappa shape index (κ2) is 25.6. The smallest absolute Gasteiger partial charge is 0.0654 e. The standard InChI is InChI=1S/C28H54O3/c1-27(19-15-11-7-3-5-9-13-17-23-29)21-25-31-26-22-28(2)20-16-12-8-4-6-10-14-18-24-30/h21-22,29-30H,3-20,23-26H2,1-2H3. The van der Waals surface area contributed by atoms with E-state index in [1.807, 2.05) is 0 Å². The average Bonchev–Trinajstić information content (AvgIpc) is 2.76. The number of unbranched alkanes of at least 4 members (excludes halogenated alkanes) is 14. The first-order chi connectivity index (χ1) is 15.2. The fourth-order valence-corrected chi connectivity index (χ4v) is 3.83. The minimum absolute atomic E-state index is 0.347. The van der Waals surface area contributed by atoms with Crippen LogP contribution in [0.2, 0.25) is 0 Å². The third-order valence-electron chi connectivity index (χ3n) is 6.06. The topological polar surface area (TPSA) is 49.7 Å². The summed E-state index contributed by atoms with van der Waals surface area (Å²) >= 11 is 0. The molecule has 0 fully saturated rings. The average molecular weight is 439 g/mol. The van der Waals surface area contributed by atoms with Gasteiger partial charge in [0.05, 0.1) is 13.2 Å². The fraction of sp³-hybridized carbons (Fsp3) is 0.857. The lowest BCUT2D eigenvalue weighted by Crippen LogP contribution is -1.94. The van der Waals surface area contributed by atoms with Crippen molar-refractivity contribution < 1.29 is 14.9 Å². The lowest BCUT2D eigenvalue weighted by atomic mass is 10.0. The molecular weight excluding hydrogens is 384 g/mol. The molecule has 0 aromatic rings. The second-order valence-electron chi connectivity index (χ2n) is 9.24. The molecule has 0 bridgehead atoms. The summed E-state index contributed by atoms with van der Waals surface area (Å²) in [6, 6.07) is 0. The van der Waals surface area contributed by atoms with E-state index in [0.717, 1.165) is 26.1 Å². The highest BCUT2D eigenvalue weighted by molar-refractivity contribution is 4.99. The molecule has 0 saturated carbocycles. The summed E-state index contributed by atoms with van der Waals surface area (Å²) in [5.74, 6) is 0. The maximum absolute atomic E-state index is 8.76. The first-order valence-corrected chi connectivity index (χ1v) is 13.3. The Morgan fingerprint density at radius 2 is 0.774 bits per heavy atom. The molecule has 0 aromatic heterocycles. The van der Waals surface area contributed by atoms with E-state index in [-0.39, 0.29) is 0 Å². The Kier molecular flexibility index (Phi) is 25.1. The highest BCUT2D eigenvalue weighted by atomic mass is 16.5. The summed E-state index contributed by atoms with van der Waals surface area (Å²) in [5, 5.41) is 17.5. The second-order valence-corrected chi connectivity index (χ2v) is 9.24. The number of allylic oxidation sites excluding steroid dienone is 2. The number of rotatable bonds is 24. The molecule has 0 heterocycles. The van der Waals surface area contributed by atoms with Crippen LogP contribution in [-0.2, 0) is 4.74 Å². The molecule has 0 saturated heterocycles. The molecule has 184 valence electrons. The summed E-state index contributed by atoms with van der Waals surface area (Å²) in [6.07, 6.45) is 27.0. The molecule has 3 heteroatoms. The van der Waals surface area contributed by atoms with E-state index >= 15 is 0 Å². The van der Waals surface area contributed by atoms with Gasteiger partial charge in [0.1, 0.15) is 0 Å². The Balaban J connectivity index is 3.46. The van der Waals surface area contributed by atoms with E-state index in [0.29, 0.717) is 13.2 Å². The first kappa shape index (κ1) is 30.4. The van der Waals surface area contributed by atoms with Crippen molar-refractivity contribution in [1.82, 2.24) is 0 Å². The van der Waals surface area contributed by atoms with Crippen molar-refractivity contribution in [3.63, 3.8) is 0 Å². The van der Waals surface area contributed by atoms with Gasteiger partial charge in [0.25, 0.3) is 0 Å². The van der Waals surface area contributed by atoms with E-state index in [9.17, 15) is 0 Å². The molecule has 31 heavy (non-hydrogen) atoms. The predicted octanol–water partition coefficient (Wildman–Crippen LogP) is 7.90. The van der Waals surface area contributed by atoms with Crippen LogP contribution in [0.5, 0.6) is 0 Å². The van der Waals surface area contributed by atoms with Gasteiger partial charge in [-0.3, -0.25) is 0 Å². The van der Waals surface area contributed by atoms with E-state index in [2.05, 4.69) is 26.0 Å². The van der Waals surface area contributed by atoms with Crippen molar-refractivity contribution in [2.24, 2.45) is 0 Å². The number of aliphatic hydroxyl groups is 2. The van der Waals surface area contributed by atoms with Gasteiger partial charge in [0.15, 0.2) is 0 Å². The van der Waals surface area contributed by atoms with Crippen LogP contribution in [0.25, 0.3) is 0 Å². The van der Waals surface area contributed by atoms with Crippen LogP contribution < -0.4 is 0 Å². The monoisotopic (exact) mass is 438 g/mol. The normalized spacial score (nSPS) is 12.6. The highest BCUT2D eigenvalue weighted by Crippen LogP contribution is 2.14. The van der Waals surface area contributed by atoms with Crippen molar-refractivity contribution in [2.75, 3.05) is 26.4 Å². The molecule has 0 amide bonds. The third-order valence-corrected chi connectivity index (χ3v) is 6.06. The van der Waals surface area contributed by atoms with Gasteiger partial charge in [-0.2, -0.15) is 0 Å². The van der Waals surface area contributed by atoms with Crippen molar-refractivity contribution in [3.8, 4) is 0 Å². The van der Waals surface area contributed by atoms with Crippen molar-refractivity contribution in [3.05, 3.63) is 23.3 Å². The van der Waals surface area contributed by atoms with E-state index in [1.54, 1.807) is 0 Å². The van der Waals surface area contributed by atoms with Gasteiger partial charge in [-0.05, 0) is 52.4 Å². The maximum Gasteiger partial charge on any atom is 0.0654 e. The van der Waals surface area contributed by atoms with Crippen LogP contribution in [-0.4, -0.2) is 36.6 Å². The van der Waals surface area contributed by atoms with E-state index in [1.165, 1.54) is 114 Å². The Morgan fingerprint density at radius 1 is 0.484 bits per heavy atom. The van der Waals surface area contributed by atoms with E-state index in [4.69, 9.17) is 14.9 Å². The first-order valence-electron chi connectivity index (χ1n) is 13.3. The van der Waals surface area contributed by atoms with Crippen molar-refractivity contribution in [1.29, 1.82) is 0 Å². The number of ether oxygens (including phenoxy) is 1. The number of hydrogen-bond donors (Lipinski definition) is 2. The van der Waals surface area contributed by atoms with Crippen molar-refractivity contribution in [2.45, 2.75) is 129 Å². The van der Waals surface area contributed by atoms with Crippen molar-refractivity contribution >= 4 is 0 Å². The Labute approximate surface area is 194 Å². The van der Waals surface area contributed by atoms with Gasteiger partial charge in [0, 0.05) is 13.2 Å². The quantitative estimate of drug-likeness (QED) is 0.119. The molecule has 0 aliphatic heterocycles. The molecule has 0 atom stereocenters. The lowest BCUT2D eigenvalue weighted by molar-refractivity contribution is 0.192. The number of hydrogen-bond acceptors (Lipinski definition) is 3. The molecular formula is C28H54O3. The molecule has 0 rings (SSSR count). The summed E-state index contributed by atoms with van der Waals surface area (Å²) in [4.78, 5) is 0. The molecule has 0 spiro atoms. The predicted molar refractivity (Wildman–Crippen MR) is 136 cm³/mol. The Morgan fingerprint density at radius 3 is 1.10 bits per heavy atom. The lowest BCUT2D eigenvalue weighted by Gasteiger charge is -2.05. The zero-order chi connectivity index (χ0) is 22.8. The zero-order valence-corrected chi connectivity index (χ0v) is 21.0. The largest absolute Gasteiger partial charge is 0.396 e. The van der Waals surface area contributed by atoms with Gasteiger partial charge in [-0.25, -0.2) is 0 Å². The Bertz CT molecular complexity index is 376. The minimum Gasteiger partial charge on any atom is -0.396 e. The summed E-state index contributed by atoms with van der Waals surface area (Å²) in [6.45, 7) is 6.62. The van der Waals surface area contributed by atoms with Gasteiger partial charge in [0.2, 0.25) is 0 Å². The molecule has 2 N–H and O–H groups in total. The summed E-state index contributed by atoms with van der Waals surface area (Å²) in [5.41, 5.74) is 2.92. The zero-order valence-electron chi connectivity index (χ0n) is 21.0. The fourth-order valence-electron chi connectivity index (χ4n) is 3.83. The van der Waals surface area contributed by atoms with Gasteiger partial charge < -0.3 is 14.9 Å². The van der Waals surface area contributed by atoms with Crippen LogP contribution in [0, 0.1) is 0 Å². The molecule has 0 radical (unpaired) electrons. The van der Waals surface area contributed by atoms with Gasteiger partial charge in [-0.1, -0.05) is 100 Å². The van der Waals surface area contributed by atoms with Gasteiger partial charge >= 0.3 is 0 Å². The van der Waals surface area contributed by atoms with Gasteiger partial charge in [-0.15, -0.1) is 0 Å². The SMILES string of the molecule is CC(=CCOCC=C(C)CCCCCCCCCCO)CCCCCCCCCCO. The minimum atomic E-state index is 0.347. The van der Waals surface area contributed by atoms with Crippen LogP contribution in [0.1, 0.15) is 129 Å². The number of aliphatic hydroxyl groups excluding tert-OH is 2. The van der Waals surface area contributed by atoms with Crippen LogP contribution in [0.3, 0.4) is 0 Å². The summed E-state index contributed by atoms with van der Waals surface area (Å²) < 4.78 is 5.77. The molecule has 0 aromatic carbocycles.